The molecule has 0 heterocycles. The minimum absolute atomic E-state index is 0.139. The second-order valence-corrected chi connectivity index (χ2v) is 5.77. The highest BCUT2D eigenvalue weighted by Crippen LogP contribution is 2.20. The Balaban J connectivity index is 3.17. The molecule has 5 heteroatoms. The first kappa shape index (κ1) is 12.2. The lowest BCUT2D eigenvalue weighted by molar-refractivity contribution is -0.114. The van der Waals surface area contributed by atoms with Gasteiger partial charge < -0.3 is 0 Å². The van der Waals surface area contributed by atoms with Gasteiger partial charge in [0.2, 0.25) is 0 Å². The Morgan fingerprint density at radius 1 is 1.40 bits per heavy atom. The van der Waals surface area contributed by atoms with E-state index in [9.17, 15) is 13.2 Å². The maximum atomic E-state index is 11.6. The van der Waals surface area contributed by atoms with Crippen LogP contribution in [0.3, 0.4) is 0 Å². The summed E-state index contributed by atoms with van der Waals surface area (Å²) in [6, 6.07) is 4.40. The van der Waals surface area contributed by atoms with Crippen molar-refractivity contribution in [3.05, 3.63) is 28.8 Å². The lowest BCUT2D eigenvalue weighted by atomic mass is 10.2. The number of benzene rings is 1. The first-order valence-electron chi connectivity index (χ1n) is 4.31. The van der Waals surface area contributed by atoms with Gasteiger partial charge >= 0.3 is 0 Å². The van der Waals surface area contributed by atoms with E-state index in [1.165, 1.54) is 25.1 Å². The van der Waals surface area contributed by atoms with Gasteiger partial charge in [-0.05, 0) is 37.6 Å². The highest BCUT2D eigenvalue weighted by molar-refractivity contribution is 7.92. The molecule has 0 spiro atoms. The Labute approximate surface area is 94.0 Å². The number of Topliss-reactive ketones (excluding diaryl/α,β-unsaturated/α-hetero) is 1. The van der Waals surface area contributed by atoms with E-state index >= 15 is 0 Å². The molecule has 0 atom stereocenters. The molecule has 3 nitrogen and oxygen atoms in total. The highest BCUT2D eigenvalue weighted by Gasteiger charge is 2.17. The van der Waals surface area contributed by atoms with Gasteiger partial charge in [0.25, 0.3) is 0 Å². The smallest absolute Gasteiger partial charge is 0.185 e. The molecule has 0 saturated heterocycles. The van der Waals surface area contributed by atoms with Crippen LogP contribution < -0.4 is 0 Å². The number of carbonyl (C=O) groups excluding carboxylic acids is 1. The highest BCUT2D eigenvalue weighted by atomic mass is 35.5. The molecule has 0 bridgehead atoms. The standard InChI is InChI=1S/C10H11ClO3S/c1-7-5-9(3-4-10(7)11)15(13,14)6-8(2)12/h3-5H,6H2,1-2H3. The lowest BCUT2D eigenvalue weighted by Crippen LogP contribution is -2.13. The van der Waals surface area contributed by atoms with Crippen molar-refractivity contribution in [2.24, 2.45) is 0 Å². The van der Waals surface area contributed by atoms with Gasteiger partial charge in [-0.1, -0.05) is 11.6 Å². The van der Waals surface area contributed by atoms with Gasteiger partial charge in [0.15, 0.2) is 9.84 Å². The summed E-state index contributed by atoms with van der Waals surface area (Å²) in [6.07, 6.45) is 0. The van der Waals surface area contributed by atoms with Crippen LogP contribution in [0.1, 0.15) is 12.5 Å². The lowest BCUT2D eigenvalue weighted by Gasteiger charge is -2.04. The van der Waals surface area contributed by atoms with Crippen LogP contribution in [0.15, 0.2) is 23.1 Å². The fourth-order valence-electron chi connectivity index (χ4n) is 1.16. The van der Waals surface area contributed by atoms with Crippen LogP contribution in [0.25, 0.3) is 0 Å². The number of carbonyl (C=O) groups is 1. The molecule has 0 aliphatic carbocycles. The predicted molar refractivity (Wildman–Crippen MR) is 58.9 cm³/mol. The molecule has 0 saturated carbocycles. The summed E-state index contributed by atoms with van der Waals surface area (Å²) < 4.78 is 23.3. The summed E-state index contributed by atoms with van der Waals surface area (Å²) in [4.78, 5) is 10.9. The second kappa shape index (κ2) is 4.33. The molecule has 0 aromatic heterocycles. The van der Waals surface area contributed by atoms with Gasteiger partial charge in [-0.15, -0.1) is 0 Å². The Bertz CT molecular complexity index is 491. The topological polar surface area (TPSA) is 51.2 Å². The van der Waals surface area contributed by atoms with Crippen molar-refractivity contribution < 1.29 is 13.2 Å². The van der Waals surface area contributed by atoms with Crippen molar-refractivity contribution in [3.8, 4) is 0 Å². The van der Waals surface area contributed by atoms with Gasteiger partial charge in [0.1, 0.15) is 11.5 Å². The summed E-state index contributed by atoms with van der Waals surface area (Å²) in [5.41, 5.74) is 0.682. The Morgan fingerprint density at radius 2 is 2.00 bits per heavy atom. The monoisotopic (exact) mass is 246 g/mol. The van der Waals surface area contributed by atoms with Crippen molar-refractivity contribution in [3.63, 3.8) is 0 Å². The van der Waals surface area contributed by atoms with Gasteiger partial charge in [0, 0.05) is 5.02 Å². The van der Waals surface area contributed by atoms with Gasteiger partial charge in [-0.3, -0.25) is 4.79 Å². The third kappa shape index (κ3) is 3.04. The Hall–Kier alpha value is -0.870. The van der Waals surface area contributed by atoms with Crippen LogP contribution in [0, 0.1) is 6.92 Å². The molecule has 15 heavy (non-hydrogen) atoms. The molecule has 82 valence electrons. The SMILES string of the molecule is CC(=O)CS(=O)(=O)c1ccc(Cl)c(C)c1. The average Bonchev–Trinajstić information content (AvgIpc) is 2.07. The van der Waals surface area contributed by atoms with Crippen molar-refractivity contribution in [1.82, 2.24) is 0 Å². The zero-order valence-electron chi connectivity index (χ0n) is 8.45. The van der Waals surface area contributed by atoms with E-state index in [1.807, 2.05) is 0 Å². The molecule has 1 rings (SSSR count). The van der Waals surface area contributed by atoms with Crippen LogP contribution in [0.4, 0.5) is 0 Å². The third-order valence-corrected chi connectivity index (χ3v) is 4.06. The number of ketones is 1. The van der Waals surface area contributed by atoms with E-state index < -0.39 is 15.6 Å². The van der Waals surface area contributed by atoms with E-state index in [0.717, 1.165) is 0 Å². The summed E-state index contributed by atoms with van der Waals surface area (Å²) in [5.74, 6) is -0.837. The molecule has 0 aliphatic rings. The van der Waals surface area contributed by atoms with E-state index in [4.69, 9.17) is 11.6 Å². The third-order valence-electron chi connectivity index (χ3n) is 1.88. The fraction of sp³-hybridized carbons (Fsp3) is 0.300. The molecular formula is C10H11ClO3S. The van der Waals surface area contributed by atoms with Crippen molar-refractivity contribution in [2.45, 2.75) is 18.7 Å². The molecule has 0 unspecified atom stereocenters. The maximum absolute atomic E-state index is 11.6. The van der Waals surface area contributed by atoms with Crippen molar-refractivity contribution >= 4 is 27.2 Å². The number of halogens is 1. The maximum Gasteiger partial charge on any atom is 0.185 e. The zero-order chi connectivity index (χ0) is 11.6. The Morgan fingerprint density at radius 3 is 2.47 bits per heavy atom. The molecule has 1 aromatic carbocycles. The molecule has 0 fully saturated rings. The molecule has 1 aromatic rings. The number of hydrogen-bond acceptors (Lipinski definition) is 3. The van der Waals surface area contributed by atoms with Crippen molar-refractivity contribution in [2.75, 3.05) is 5.75 Å². The van der Waals surface area contributed by atoms with Crippen LogP contribution in [-0.4, -0.2) is 20.0 Å². The molecular weight excluding hydrogens is 236 g/mol. The number of hydrogen-bond donors (Lipinski definition) is 0. The average molecular weight is 247 g/mol. The normalized spacial score (nSPS) is 11.4. The van der Waals surface area contributed by atoms with Crippen LogP contribution in [-0.2, 0) is 14.6 Å². The van der Waals surface area contributed by atoms with E-state index in [-0.39, 0.29) is 10.7 Å². The molecule has 0 radical (unpaired) electrons. The summed E-state index contributed by atoms with van der Waals surface area (Å²) >= 11 is 5.77. The van der Waals surface area contributed by atoms with Crippen LogP contribution >= 0.6 is 11.6 Å². The summed E-state index contributed by atoms with van der Waals surface area (Å²) in [6.45, 7) is 2.97. The molecule has 0 N–H and O–H groups in total. The zero-order valence-corrected chi connectivity index (χ0v) is 10.0. The minimum atomic E-state index is -3.51. The first-order valence-corrected chi connectivity index (χ1v) is 6.34. The Kier molecular flexibility index (Phi) is 3.52. The second-order valence-electron chi connectivity index (χ2n) is 3.37. The number of rotatable bonds is 3. The molecule has 0 amide bonds. The summed E-state index contributed by atoms with van der Waals surface area (Å²) in [7, 11) is -3.51. The van der Waals surface area contributed by atoms with Gasteiger partial charge in [-0.2, -0.15) is 0 Å². The van der Waals surface area contributed by atoms with E-state index in [2.05, 4.69) is 0 Å². The van der Waals surface area contributed by atoms with E-state index in [1.54, 1.807) is 6.92 Å². The van der Waals surface area contributed by atoms with Crippen molar-refractivity contribution in [1.29, 1.82) is 0 Å². The van der Waals surface area contributed by atoms with Crippen LogP contribution in [0.5, 0.6) is 0 Å². The van der Waals surface area contributed by atoms with Gasteiger partial charge in [-0.25, -0.2) is 8.42 Å². The molecule has 0 aliphatic heterocycles. The number of sulfone groups is 1. The minimum Gasteiger partial charge on any atom is -0.299 e. The first-order chi connectivity index (χ1) is 6.83. The quantitative estimate of drug-likeness (QED) is 0.820. The fourth-order valence-corrected chi connectivity index (χ4v) is 2.61. The van der Waals surface area contributed by atoms with Crippen LogP contribution in [0.2, 0.25) is 5.02 Å². The summed E-state index contributed by atoms with van der Waals surface area (Å²) in [5, 5.41) is 0.511. The van der Waals surface area contributed by atoms with Gasteiger partial charge in [0.05, 0.1) is 4.90 Å². The number of aryl methyl sites for hydroxylation is 1. The largest absolute Gasteiger partial charge is 0.299 e. The predicted octanol–water partition coefficient (Wildman–Crippen LogP) is 2.01. The van der Waals surface area contributed by atoms with E-state index in [0.29, 0.717) is 10.6 Å².